The van der Waals surface area contributed by atoms with Gasteiger partial charge in [-0.3, -0.25) is 14.2 Å². The molecule has 0 saturated heterocycles. The van der Waals surface area contributed by atoms with E-state index in [4.69, 9.17) is 4.74 Å². The number of methoxy groups -OCH3 is 1. The predicted octanol–water partition coefficient (Wildman–Crippen LogP) is 1.31. The fourth-order valence-corrected chi connectivity index (χ4v) is 2.85. The van der Waals surface area contributed by atoms with Gasteiger partial charge in [-0.15, -0.1) is 0 Å². The third-order valence-corrected chi connectivity index (χ3v) is 4.31. The van der Waals surface area contributed by atoms with E-state index >= 15 is 0 Å². The Morgan fingerprint density at radius 2 is 1.93 bits per heavy atom. The summed E-state index contributed by atoms with van der Waals surface area (Å²) in [5.41, 5.74) is 0.944. The average Bonchev–Trinajstić information content (AvgIpc) is 2.68. The van der Waals surface area contributed by atoms with Crippen molar-refractivity contribution in [3.63, 3.8) is 0 Å². The zero-order valence-electron chi connectivity index (χ0n) is 15.0. The van der Waals surface area contributed by atoms with Crippen molar-refractivity contribution in [2.24, 2.45) is 0 Å². The minimum Gasteiger partial charge on any atom is -0.383 e. The Kier molecular flexibility index (Phi) is 5.83. The van der Waals surface area contributed by atoms with Crippen LogP contribution in [0.4, 0.5) is 0 Å². The summed E-state index contributed by atoms with van der Waals surface area (Å²) in [7, 11) is 1.50. The molecule has 1 aromatic heterocycles. The molecule has 140 valence electrons. The third-order valence-electron chi connectivity index (χ3n) is 4.31. The lowest BCUT2D eigenvalue weighted by Gasteiger charge is -2.08. The monoisotopic (exact) mass is 367 g/mol. The molecule has 3 aromatic rings. The highest BCUT2D eigenvalue weighted by atomic mass is 16.5. The number of nitrogens with one attached hydrogen (secondary N) is 2. The number of fused-ring (bicyclic) bond motifs is 1. The van der Waals surface area contributed by atoms with E-state index in [2.05, 4.69) is 10.3 Å². The van der Waals surface area contributed by atoms with Crippen molar-refractivity contribution in [2.75, 3.05) is 20.3 Å². The van der Waals surface area contributed by atoms with E-state index in [9.17, 15) is 14.4 Å². The molecule has 7 nitrogen and oxygen atoms in total. The number of amides is 1. The summed E-state index contributed by atoms with van der Waals surface area (Å²) >= 11 is 0. The number of ether oxygens (including phenoxy) is 1. The Labute approximate surface area is 155 Å². The van der Waals surface area contributed by atoms with Crippen LogP contribution in [0.5, 0.6) is 0 Å². The average molecular weight is 367 g/mol. The first-order chi connectivity index (χ1) is 13.1. The van der Waals surface area contributed by atoms with Crippen molar-refractivity contribution in [3.05, 3.63) is 80.5 Å². The molecule has 3 rings (SSSR count). The fraction of sp³-hybridized carbons (Fsp3) is 0.250. The van der Waals surface area contributed by atoms with Crippen LogP contribution < -0.4 is 16.6 Å². The van der Waals surface area contributed by atoms with E-state index < -0.39 is 11.2 Å². The minimum atomic E-state index is -0.522. The standard InChI is InChI=1S/C20H21N3O4/c1-27-12-11-23-19(25)16-8-7-15(13-17(16)22-20(23)26)18(24)21-10-9-14-5-3-2-4-6-14/h2-8,13H,9-12H2,1H3,(H,21,24)(H,22,26). The summed E-state index contributed by atoms with van der Waals surface area (Å²) in [4.78, 5) is 39.6. The molecule has 0 bridgehead atoms. The molecule has 0 unspecified atom stereocenters. The second kappa shape index (κ2) is 8.46. The molecule has 0 atom stereocenters. The Morgan fingerprint density at radius 1 is 1.15 bits per heavy atom. The van der Waals surface area contributed by atoms with E-state index in [1.807, 2.05) is 30.3 Å². The van der Waals surface area contributed by atoms with Crippen LogP contribution in [0.25, 0.3) is 10.9 Å². The van der Waals surface area contributed by atoms with Gasteiger partial charge in [0, 0.05) is 19.2 Å². The van der Waals surface area contributed by atoms with Crippen LogP contribution in [-0.2, 0) is 17.7 Å². The highest BCUT2D eigenvalue weighted by molar-refractivity contribution is 5.97. The lowest BCUT2D eigenvalue weighted by Crippen LogP contribution is -2.36. The largest absolute Gasteiger partial charge is 0.383 e. The Balaban J connectivity index is 1.76. The van der Waals surface area contributed by atoms with Gasteiger partial charge in [-0.25, -0.2) is 4.79 Å². The smallest absolute Gasteiger partial charge is 0.328 e. The lowest BCUT2D eigenvalue weighted by atomic mass is 10.1. The second-order valence-electron chi connectivity index (χ2n) is 6.13. The third kappa shape index (κ3) is 4.32. The highest BCUT2D eigenvalue weighted by Crippen LogP contribution is 2.09. The summed E-state index contributed by atoms with van der Waals surface area (Å²) in [5, 5.41) is 3.20. The molecule has 0 spiro atoms. The van der Waals surface area contributed by atoms with E-state index in [-0.39, 0.29) is 19.1 Å². The first kappa shape index (κ1) is 18.6. The first-order valence-corrected chi connectivity index (χ1v) is 8.68. The van der Waals surface area contributed by atoms with Crippen LogP contribution in [0, 0.1) is 0 Å². The van der Waals surface area contributed by atoms with Crippen LogP contribution in [-0.4, -0.2) is 35.7 Å². The zero-order valence-corrected chi connectivity index (χ0v) is 15.0. The number of carbonyl (C=O) groups excluding carboxylic acids is 1. The van der Waals surface area contributed by atoms with Gasteiger partial charge in [0.2, 0.25) is 0 Å². The van der Waals surface area contributed by atoms with Crippen molar-refractivity contribution in [1.82, 2.24) is 14.9 Å². The Morgan fingerprint density at radius 3 is 2.67 bits per heavy atom. The van der Waals surface area contributed by atoms with Crippen LogP contribution in [0.1, 0.15) is 15.9 Å². The second-order valence-corrected chi connectivity index (χ2v) is 6.13. The molecule has 0 aliphatic heterocycles. The number of nitrogens with zero attached hydrogens (tertiary/aromatic N) is 1. The number of H-pyrrole nitrogens is 1. The number of rotatable bonds is 7. The maximum Gasteiger partial charge on any atom is 0.328 e. The van der Waals surface area contributed by atoms with Crippen molar-refractivity contribution in [3.8, 4) is 0 Å². The van der Waals surface area contributed by atoms with Crippen LogP contribution in [0.15, 0.2) is 58.1 Å². The molecule has 1 amide bonds. The first-order valence-electron chi connectivity index (χ1n) is 8.68. The van der Waals surface area contributed by atoms with Gasteiger partial charge < -0.3 is 15.0 Å². The van der Waals surface area contributed by atoms with E-state index in [1.165, 1.54) is 13.2 Å². The predicted molar refractivity (Wildman–Crippen MR) is 103 cm³/mol. The molecular weight excluding hydrogens is 346 g/mol. The van der Waals surface area contributed by atoms with E-state index in [1.54, 1.807) is 12.1 Å². The molecule has 27 heavy (non-hydrogen) atoms. The minimum absolute atomic E-state index is 0.169. The number of carbonyl (C=O) groups is 1. The molecule has 2 N–H and O–H groups in total. The molecule has 0 radical (unpaired) electrons. The van der Waals surface area contributed by atoms with Crippen molar-refractivity contribution in [2.45, 2.75) is 13.0 Å². The molecule has 0 aliphatic rings. The van der Waals surface area contributed by atoms with Gasteiger partial charge in [0.1, 0.15) is 0 Å². The molecule has 1 heterocycles. The van der Waals surface area contributed by atoms with E-state index in [0.29, 0.717) is 23.0 Å². The van der Waals surface area contributed by atoms with Crippen molar-refractivity contribution in [1.29, 1.82) is 0 Å². The number of hydrogen-bond acceptors (Lipinski definition) is 4. The number of aromatic amines is 1. The molecule has 0 saturated carbocycles. The van der Waals surface area contributed by atoms with E-state index in [0.717, 1.165) is 16.6 Å². The van der Waals surface area contributed by atoms with Gasteiger partial charge in [0.05, 0.1) is 24.1 Å². The topological polar surface area (TPSA) is 93.2 Å². The SMILES string of the molecule is COCCn1c(=O)[nH]c2cc(C(=O)NCCc3ccccc3)ccc2c1=O. The molecule has 0 fully saturated rings. The number of benzene rings is 2. The normalized spacial score (nSPS) is 10.9. The van der Waals surface area contributed by atoms with Gasteiger partial charge in [-0.1, -0.05) is 30.3 Å². The Bertz CT molecular complexity index is 1050. The summed E-state index contributed by atoms with van der Waals surface area (Å²) in [6.07, 6.45) is 0.723. The van der Waals surface area contributed by atoms with Crippen LogP contribution in [0.2, 0.25) is 0 Å². The molecule has 0 aliphatic carbocycles. The molecule has 7 heteroatoms. The van der Waals surface area contributed by atoms with Gasteiger partial charge in [0.25, 0.3) is 11.5 Å². The van der Waals surface area contributed by atoms with Gasteiger partial charge >= 0.3 is 5.69 Å². The summed E-state index contributed by atoms with van der Waals surface area (Å²) < 4.78 is 6.01. The summed E-state index contributed by atoms with van der Waals surface area (Å²) in [6.45, 7) is 0.925. The lowest BCUT2D eigenvalue weighted by molar-refractivity contribution is 0.0954. The van der Waals surface area contributed by atoms with Gasteiger partial charge in [-0.05, 0) is 30.2 Å². The number of hydrogen-bond donors (Lipinski definition) is 2. The van der Waals surface area contributed by atoms with Crippen LogP contribution >= 0.6 is 0 Å². The van der Waals surface area contributed by atoms with Crippen molar-refractivity contribution < 1.29 is 9.53 Å². The van der Waals surface area contributed by atoms with Crippen LogP contribution in [0.3, 0.4) is 0 Å². The Hall–Kier alpha value is -3.19. The zero-order chi connectivity index (χ0) is 19.2. The maximum absolute atomic E-state index is 12.5. The highest BCUT2D eigenvalue weighted by Gasteiger charge is 2.11. The van der Waals surface area contributed by atoms with Crippen molar-refractivity contribution >= 4 is 16.8 Å². The summed E-state index contributed by atoms with van der Waals surface area (Å²) in [5.74, 6) is -0.253. The maximum atomic E-state index is 12.5. The van der Waals surface area contributed by atoms with Gasteiger partial charge in [-0.2, -0.15) is 0 Å². The quantitative estimate of drug-likeness (QED) is 0.658. The molecule has 2 aromatic carbocycles. The van der Waals surface area contributed by atoms with Gasteiger partial charge in [0.15, 0.2) is 0 Å². The molecular formula is C20H21N3O4. The summed E-state index contributed by atoms with van der Waals surface area (Å²) in [6, 6.07) is 14.5. The fourth-order valence-electron chi connectivity index (χ4n) is 2.85. The number of aromatic nitrogens is 2.